The summed E-state index contributed by atoms with van der Waals surface area (Å²) in [6.45, 7) is 0.783. The van der Waals surface area contributed by atoms with Crippen LogP contribution in [-0.2, 0) is 6.54 Å². The standard InChI is InChI=1S/C25H16N2O5/c28-25-16-9-14-5-7-19-24(32-13-30-19)23(14)22(15-4-6-18-20(10-15)31-12-29-18)17(16)11-27(25)21-3-1-2-8-26-21/h1-10H,11-13H2. The SMILES string of the molecule is O=C1c2cc3ccc4c(c3c(-c3ccc5c(c3)OCO5)c2CN1c1ccccn1)OCO4. The Hall–Kier alpha value is -4.26. The fourth-order valence-corrected chi connectivity index (χ4v) is 4.69. The van der Waals surface area contributed by atoms with E-state index < -0.39 is 0 Å². The van der Waals surface area contributed by atoms with E-state index in [4.69, 9.17) is 18.9 Å². The lowest BCUT2D eigenvalue weighted by atomic mass is 9.90. The van der Waals surface area contributed by atoms with E-state index in [0.29, 0.717) is 40.9 Å². The van der Waals surface area contributed by atoms with Gasteiger partial charge in [-0.15, -0.1) is 0 Å². The van der Waals surface area contributed by atoms with Crippen LogP contribution in [0, 0.1) is 0 Å². The Morgan fingerprint density at radius 1 is 0.844 bits per heavy atom. The minimum atomic E-state index is -0.0692. The summed E-state index contributed by atoms with van der Waals surface area (Å²) in [5, 5.41) is 1.84. The quantitative estimate of drug-likeness (QED) is 0.471. The number of carbonyl (C=O) groups excluding carboxylic acids is 1. The molecule has 0 saturated heterocycles. The molecule has 0 bridgehead atoms. The maximum atomic E-state index is 13.4. The monoisotopic (exact) mass is 424 g/mol. The third kappa shape index (κ3) is 2.36. The minimum Gasteiger partial charge on any atom is -0.454 e. The molecule has 1 aromatic heterocycles. The number of ether oxygens (including phenoxy) is 4. The van der Waals surface area contributed by atoms with Crippen LogP contribution in [0.25, 0.3) is 21.9 Å². The minimum absolute atomic E-state index is 0.0692. The molecule has 156 valence electrons. The number of pyridine rings is 1. The van der Waals surface area contributed by atoms with Crippen LogP contribution < -0.4 is 23.8 Å². The molecule has 3 aliphatic heterocycles. The number of rotatable bonds is 2. The summed E-state index contributed by atoms with van der Waals surface area (Å²) in [6.07, 6.45) is 1.69. The fraction of sp³-hybridized carbons (Fsp3) is 0.120. The van der Waals surface area contributed by atoms with Gasteiger partial charge in [0.05, 0.1) is 6.54 Å². The maximum Gasteiger partial charge on any atom is 0.260 e. The zero-order chi connectivity index (χ0) is 21.2. The molecule has 3 aliphatic rings. The molecule has 7 rings (SSSR count). The molecular weight excluding hydrogens is 408 g/mol. The number of carbonyl (C=O) groups is 1. The third-order valence-electron chi connectivity index (χ3n) is 6.13. The Morgan fingerprint density at radius 2 is 1.69 bits per heavy atom. The van der Waals surface area contributed by atoms with E-state index >= 15 is 0 Å². The average Bonchev–Trinajstić information content (AvgIpc) is 3.56. The molecule has 4 aromatic rings. The highest BCUT2D eigenvalue weighted by Crippen LogP contribution is 2.49. The van der Waals surface area contributed by atoms with Crippen molar-refractivity contribution in [1.82, 2.24) is 4.98 Å². The molecule has 0 radical (unpaired) electrons. The van der Waals surface area contributed by atoms with Crippen molar-refractivity contribution in [2.24, 2.45) is 0 Å². The summed E-state index contributed by atoms with van der Waals surface area (Å²) < 4.78 is 22.7. The summed E-state index contributed by atoms with van der Waals surface area (Å²) in [4.78, 5) is 19.5. The van der Waals surface area contributed by atoms with Crippen LogP contribution in [0.5, 0.6) is 23.0 Å². The van der Waals surface area contributed by atoms with Gasteiger partial charge in [-0.1, -0.05) is 18.2 Å². The molecule has 0 spiro atoms. The van der Waals surface area contributed by atoms with Crippen LogP contribution in [0.1, 0.15) is 15.9 Å². The van der Waals surface area contributed by atoms with E-state index in [1.807, 2.05) is 54.6 Å². The van der Waals surface area contributed by atoms with Gasteiger partial charge in [0.25, 0.3) is 5.91 Å². The van der Waals surface area contributed by atoms with Gasteiger partial charge >= 0.3 is 0 Å². The van der Waals surface area contributed by atoms with Gasteiger partial charge in [-0.3, -0.25) is 9.69 Å². The Bertz CT molecular complexity index is 1430. The zero-order valence-corrected chi connectivity index (χ0v) is 16.8. The number of hydrogen-bond acceptors (Lipinski definition) is 6. The molecule has 0 fully saturated rings. The molecule has 7 nitrogen and oxygen atoms in total. The lowest BCUT2D eigenvalue weighted by Gasteiger charge is -2.15. The van der Waals surface area contributed by atoms with Crippen molar-refractivity contribution in [2.45, 2.75) is 6.54 Å². The van der Waals surface area contributed by atoms with Gasteiger partial charge in [-0.25, -0.2) is 4.98 Å². The van der Waals surface area contributed by atoms with E-state index in [2.05, 4.69) is 4.98 Å². The molecule has 0 aliphatic carbocycles. The summed E-state index contributed by atoms with van der Waals surface area (Å²) >= 11 is 0. The second-order valence-electron chi connectivity index (χ2n) is 7.82. The largest absolute Gasteiger partial charge is 0.454 e. The average molecular weight is 424 g/mol. The number of nitrogens with zero attached hydrogens (tertiary/aromatic N) is 2. The van der Waals surface area contributed by atoms with Crippen LogP contribution >= 0.6 is 0 Å². The zero-order valence-electron chi connectivity index (χ0n) is 16.8. The number of hydrogen-bond donors (Lipinski definition) is 0. The molecule has 0 atom stereocenters. The van der Waals surface area contributed by atoms with Gasteiger partial charge in [0.15, 0.2) is 23.0 Å². The van der Waals surface area contributed by atoms with Gasteiger partial charge in [-0.05, 0) is 58.5 Å². The highest BCUT2D eigenvalue weighted by Gasteiger charge is 2.34. The molecule has 4 heterocycles. The van der Waals surface area contributed by atoms with E-state index in [9.17, 15) is 4.79 Å². The fourth-order valence-electron chi connectivity index (χ4n) is 4.69. The van der Waals surface area contributed by atoms with Crippen LogP contribution in [0.15, 0.2) is 60.8 Å². The second-order valence-corrected chi connectivity index (χ2v) is 7.82. The van der Waals surface area contributed by atoms with Crippen molar-refractivity contribution in [3.05, 3.63) is 71.9 Å². The summed E-state index contributed by atoms with van der Waals surface area (Å²) in [6, 6.07) is 17.2. The third-order valence-corrected chi connectivity index (χ3v) is 6.13. The molecule has 32 heavy (non-hydrogen) atoms. The lowest BCUT2D eigenvalue weighted by molar-refractivity contribution is 0.0996. The van der Waals surface area contributed by atoms with E-state index in [0.717, 1.165) is 27.5 Å². The van der Waals surface area contributed by atoms with Gasteiger partial charge in [0.1, 0.15) is 5.82 Å². The van der Waals surface area contributed by atoms with Crippen molar-refractivity contribution in [1.29, 1.82) is 0 Å². The highest BCUT2D eigenvalue weighted by atomic mass is 16.7. The predicted molar refractivity (Wildman–Crippen MR) is 116 cm³/mol. The number of aromatic nitrogens is 1. The van der Waals surface area contributed by atoms with E-state index in [1.165, 1.54) is 0 Å². The Morgan fingerprint density at radius 3 is 2.59 bits per heavy atom. The number of amides is 1. The first kappa shape index (κ1) is 17.4. The van der Waals surface area contributed by atoms with Crippen LogP contribution in [0.3, 0.4) is 0 Å². The first-order chi connectivity index (χ1) is 15.8. The Balaban J connectivity index is 1.52. The van der Waals surface area contributed by atoms with E-state index in [1.54, 1.807) is 11.1 Å². The normalized spacial score (nSPS) is 15.5. The first-order valence-electron chi connectivity index (χ1n) is 10.3. The molecule has 0 unspecified atom stereocenters. The summed E-state index contributed by atoms with van der Waals surface area (Å²) in [5.74, 6) is 3.34. The smallest absolute Gasteiger partial charge is 0.260 e. The molecule has 0 saturated carbocycles. The first-order valence-corrected chi connectivity index (χ1v) is 10.3. The molecule has 3 aromatic carbocycles. The predicted octanol–water partition coefficient (Wildman–Crippen LogP) is 4.52. The lowest BCUT2D eigenvalue weighted by Crippen LogP contribution is -2.23. The Kier molecular flexibility index (Phi) is 3.47. The van der Waals surface area contributed by atoms with Gasteiger partial charge in [0.2, 0.25) is 13.6 Å². The topological polar surface area (TPSA) is 70.1 Å². The number of benzene rings is 3. The molecular formula is C25H16N2O5. The number of anilines is 1. The maximum absolute atomic E-state index is 13.4. The molecule has 0 N–H and O–H groups in total. The van der Waals surface area contributed by atoms with Crippen molar-refractivity contribution < 1.29 is 23.7 Å². The molecule has 1 amide bonds. The van der Waals surface area contributed by atoms with Gasteiger partial charge in [-0.2, -0.15) is 0 Å². The van der Waals surface area contributed by atoms with Crippen molar-refractivity contribution in [3.63, 3.8) is 0 Å². The van der Waals surface area contributed by atoms with Crippen LogP contribution in [-0.4, -0.2) is 24.5 Å². The highest BCUT2D eigenvalue weighted by molar-refractivity contribution is 6.16. The van der Waals surface area contributed by atoms with Gasteiger partial charge < -0.3 is 18.9 Å². The number of fused-ring (bicyclic) bond motifs is 5. The van der Waals surface area contributed by atoms with Crippen molar-refractivity contribution >= 4 is 22.5 Å². The van der Waals surface area contributed by atoms with Crippen LogP contribution in [0.2, 0.25) is 0 Å². The van der Waals surface area contributed by atoms with Crippen molar-refractivity contribution in [2.75, 3.05) is 18.5 Å². The van der Waals surface area contributed by atoms with Crippen LogP contribution in [0.4, 0.5) is 5.82 Å². The summed E-state index contributed by atoms with van der Waals surface area (Å²) in [5.41, 5.74) is 3.45. The Labute approximate surface area is 182 Å². The van der Waals surface area contributed by atoms with Gasteiger partial charge in [0, 0.05) is 17.1 Å². The van der Waals surface area contributed by atoms with E-state index in [-0.39, 0.29) is 19.5 Å². The summed E-state index contributed by atoms with van der Waals surface area (Å²) in [7, 11) is 0. The van der Waals surface area contributed by atoms with Crippen molar-refractivity contribution in [3.8, 4) is 34.1 Å². The molecule has 7 heteroatoms. The second kappa shape index (κ2) is 6.37.